The maximum atomic E-state index is 8.97. The third kappa shape index (κ3) is 2.69. The van der Waals surface area contributed by atoms with Crippen LogP contribution in [0.25, 0.3) is 0 Å². The van der Waals surface area contributed by atoms with Crippen molar-refractivity contribution in [3.05, 3.63) is 23.8 Å². The van der Waals surface area contributed by atoms with Gasteiger partial charge in [0.1, 0.15) is 12.7 Å². The van der Waals surface area contributed by atoms with Crippen LogP contribution in [0.2, 0.25) is 0 Å². The van der Waals surface area contributed by atoms with Gasteiger partial charge in [-0.25, -0.2) is 0 Å². The predicted octanol–water partition coefficient (Wildman–Crippen LogP) is 1.73. The van der Waals surface area contributed by atoms with Gasteiger partial charge in [-0.05, 0) is 38.6 Å². The number of nitrogens with zero attached hydrogens (tertiary/aromatic N) is 1. The first-order valence-corrected chi connectivity index (χ1v) is 5.92. The Morgan fingerprint density at radius 1 is 1.59 bits per heavy atom. The molecule has 0 saturated heterocycles. The molecule has 0 fully saturated rings. The van der Waals surface area contributed by atoms with Crippen molar-refractivity contribution < 1.29 is 4.74 Å². The quantitative estimate of drug-likeness (QED) is 0.775. The summed E-state index contributed by atoms with van der Waals surface area (Å²) in [4.78, 5) is 0. The van der Waals surface area contributed by atoms with Crippen molar-refractivity contribution >= 4 is 5.69 Å². The smallest absolute Gasteiger partial charge is 0.160 e. The summed E-state index contributed by atoms with van der Waals surface area (Å²) >= 11 is 0. The van der Waals surface area contributed by atoms with Gasteiger partial charge in [0.2, 0.25) is 0 Å². The van der Waals surface area contributed by atoms with Crippen molar-refractivity contribution in [1.29, 1.82) is 5.26 Å². The van der Waals surface area contributed by atoms with Crippen molar-refractivity contribution in [2.24, 2.45) is 0 Å². The molecule has 4 heteroatoms. The number of nitriles is 1. The van der Waals surface area contributed by atoms with Crippen molar-refractivity contribution in [1.82, 2.24) is 5.32 Å². The van der Waals surface area contributed by atoms with Crippen LogP contribution >= 0.6 is 0 Å². The summed E-state index contributed by atoms with van der Waals surface area (Å²) in [6, 6.07) is 8.10. The van der Waals surface area contributed by atoms with Gasteiger partial charge in [0.25, 0.3) is 0 Å². The lowest BCUT2D eigenvalue weighted by molar-refractivity contribution is 0.276. The van der Waals surface area contributed by atoms with Gasteiger partial charge < -0.3 is 15.4 Å². The van der Waals surface area contributed by atoms with Gasteiger partial charge in [0, 0.05) is 0 Å². The molecule has 1 heterocycles. The number of hydrogen-bond acceptors (Lipinski definition) is 4. The summed E-state index contributed by atoms with van der Waals surface area (Å²) in [5.41, 5.74) is 1.54. The van der Waals surface area contributed by atoms with Crippen molar-refractivity contribution in [2.45, 2.75) is 18.9 Å². The van der Waals surface area contributed by atoms with E-state index >= 15 is 0 Å². The summed E-state index contributed by atoms with van der Waals surface area (Å²) in [6.45, 7) is 1.65. The lowest BCUT2D eigenvalue weighted by Gasteiger charge is -2.28. The molecular formula is C13H17N3O. The molecule has 0 spiro atoms. The molecule has 4 nitrogen and oxygen atoms in total. The lowest BCUT2D eigenvalue weighted by atomic mass is 10.1. The Hall–Kier alpha value is -1.73. The van der Waals surface area contributed by atoms with Crippen LogP contribution < -0.4 is 15.4 Å². The van der Waals surface area contributed by atoms with Crippen molar-refractivity contribution in [3.63, 3.8) is 0 Å². The molecule has 1 aromatic rings. The van der Waals surface area contributed by atoms with E-state index in [0.29, 0.717) is 24.0 Å². The van der Waals surface area contributed by atoms with Crippen LogP contribution in [0.15, 0.2) is 18.2 Å². The molecule has 90 valence electrons. The Morgan fingerprint density at radius 3 is 3.24 bits per heavy atom. The first kappa shape index (κ1) is 11.7. The molecule has 0 saturated carbocycles. The Morgan fingerprint density at radius 2 is 2.47 bits per heavy atom. The summed E-state index contributed by atoms with van der Waals surface area (Å²) in [5.74, 6) is 0.694. The highest BCUT2D eigenvalue weighted by atomic mass is 16.5. The molecule has 1 unspecified atom stereocenters. The number of anilines is 1. The standard InChI is InChI=1S/C13H17N3O/c1-15-7-3-5-11-9-17-13-10(8-14)4-2-6-12(13)16-11/h2,4,6,11,15-16H,3,5,7,9H2,1H3. The highest BCUT2D eigenvalue weighted by molar-refractivity contribution is 5.65. The minimum atomic E-state index is 0.338. The van der Waals surface area contributed by atoms with E-state index < -0.39 is 0 Å². The predicted molar refractivity (Wildman–Crippen MR) is 67.2 cm³/mol. The van der Waals surface area contributed by atoms with Crippen molar-refractivity contribution in [2.75, 3.05) is 25.5 Å². The van der Waals surface area contributed by atoms with Gasteiger partial charge in [-0.1, -0.05) is 6.07 Å². The van der Waals surface area contributed by atoms with Crippen LogP contribution in [0.5, 0.6) is 5.75 Å². The van der Waals surface area contributed by atoms with Gasteiger partial charge in [-0.3, -0.25) is 0 Å². The zero-order chi connectivity index (χ0) is 12.1. The fraction of sp³-hybridized carbons (Fsp3) is 0.462. The van der Waals surface area contributed by atoms with Gasteiger partial charge in [0.15, 0.2) is 5.75 Å². The fourth-order valence-corrected chi connectivity index (χ4v) is 2.02. The third-order valence-corrected chi connectivity index (χ3v) is 2.90. The van der Waals surface area contributed by atoms with E-state index in [0.717, 1.165) is 25.1 Å². The van der Waals surface area contributed by atoms with Crippen LogP contribution in [0.1, 0.15) is 18.4 Å². The van der Waals surface area contributed by atoms with Crippen LogP contribution in [0.4, 0.5) is 5.69 Å². The van der Waals surface area contributed by atoms with E-state index in [1.54, 1.807) is 6.07 Å². The zero-order valence-electron chi connectivity index (χ0n) is 9.99. The number of hydrogen-bond donors (Lipinski definition) is 2. The summed E-state index contributed by atoms with van der Waals surface area (Å²) in [7, 11) is 1.96. The molecule has 2 rings (SSSR count). The highest BCUT2D eigenvalue weighted by Crippen LogP contribution is 2.32. The molecular weight excluding hydrogens is 214 g/mol. The maximum Gasteiger partial charge on any atom is 0.160 e. The van der Waals surface area contributed by atoms with E-state index in [1.165, 1.54) is 0 Å². The summed E-state index contributed by atoms with van der Waals surface area (Å²) in [6.07, 6.45) is 2.18. The molecule has 0 aromatic heterocycles. The topological polar surface area (TPSA) is 57.1 Å². The molecule has 1 atom stereocenters. The van der Waals surface area contributed by atoms with E-state index in [4.69, 9.17) is 10.00 Å². The molecule has 0 aliphatic carbocycles. The molecule has 2 N–H and O–H groups in total. The van der Waals surface area contributed by atoms with Crippen LogP contribution in [-0.4, -0.2) is 26.2 Å². The molecule has 0 bridgehead atoms. The summed E-state index contributed by atoms with van der Waals surface area (Å²) in [5, 5.41) is 15.5. The van der Waals surface area contributed by atoms with Crippen LogP contribution in [0.3, 0.4) is 0 Å². The SMILES string of the molecule is CNCCCC1COc2c(C#N)cccc2N1. The van der Waals surface area contributed by atoms with E-state index in [9.17, 15) is 0 Å². The minimum absolute atomic E-state index is 0.338. The van der Waals surface area contributed by atoms with Crippen LogP contribution in [-0.2, 0) is 0 Å². The average Bonchev–Trinajstić information content (AvgIpc) is 2.38. The van der Waals surface area contributed by atoms with Gasteiger partial charge >= 0.3 is 0 Å². The molecule has 17 heavy (non-hydrogen) atoms. The van der Waals surface area contributed by atoms with Gasteiger partial charge in [-0.2, -0.15) is 5.26 Å². The minimum Gasteiger partial charge on any atom is -0.488 e. The number of rotatable bonds is 4. The highest BCUT2D eigenvalue weighted by Gasteiger charge is 2.20. The number of fused-ring (bicyclic) bond motifs is 1. The first-order chi connectivity index (χ1) is 8.35. The van der Waals surface area contributed by atoms with Crippen LogP contribution in [0, 0.1) is 11.3 Å². The Bertz CT molecular complexity index is 425. The second kappa shape index (κ2) is 5.55. The molecule has 0 amide bonds. The number of benzene rings is 1. The van der Waals surface area contributed by atoms with Gasteiger partial charge in [-0.15, -0.1) is 0 Å². The second-order valence-electron chi connectivity index (χ2n) is 4.19. The second-order valence-corrected chi connectivity index (χ2v) is 4.19. The zero-order valence-corrected chi connectivity index (χ0v) is 9.99. The van der Waals surface area contributed by atoms with E-state index in [2.05, 4.69) is 16.7 Å². The number of para-hydroxylation sites is 1. The Kier molecular flexibility index (Phi) is 3.84. The fourth-order valence-electron chi connectivity index (χ4n) is 2.02. The number of ether oxygens (including phenoxy) is 1. The van der Waals surface area contributed by atoms with Gasteiger partial charge in [0.05, 0.1) is 17.3 Å². The molecule has 1 aromatic carbocycles. The molecule has 0 radical (unpaired) electrons. The van der Waals surface area contributed by atoms with E-state index in [-0.39, 0.29) is 0 Å². The first-order valence-electron chi connectivity index (χ1n) is 5.92. The summed E-state index contributed by atoms with van der Waals surface area (Å²) < 4.78 is 5.68. The van der Waals surface area contributed by atoms with Crippen molar-refractivity contribution in [3.8, 4) is 11.8 Å². The van der Waals surface area contributed by atoms with E-state index in [1.807, 2.05) is 19.2 Å². The third-order valence-electron chi connectivity index (χ3n) is 2.90. The Balaban J connectivity index is 2.02. The average molecular weight is 231 g/mol. The lowest BCUT2D eigenvalue weighted by Crippen LogP contribution is -2.32. The monoisotopic (exact) mass is 231 g/mol. The normalized spacial score (nSPS) is 17.5. The Labute approximate surface area is 102 Å². The number of nitrogens with one attached hydrogen (secondary N) is 2. The maximum absolute atomic E-state index is 8.97. The largest absolute Gasteiger partial charge is 0.488 e. The molecule has 1 aliphatic rings. The molecule has 1 aliphatic heterocycles.